The van der Waals surface area contributed by atoms with Crippen LogP contribution in [0.3, 0.4) is 0 Å². The van der Waals surface area contributed by atoms with Crippen LogP contribution in [0.25, 0.3) is 0 Å². The van der Waals surface area contributed by atoms with Gasteiger partial charge >= 0.3 is 0 Å². The molecule has 0 aliphatic heterocycles. The van der Waals surface area contributed by atoms with Crippen molar-refractivity contribution in [1.29, 1.82) is 0 Å². The van der Waals surface area contributed by atoms with Gasteiger partial charge in [-0.05, 0) is 33.5 Å². The lowest BCUT2D eigenvalue weighted by Gasteiger charge is -2.12. The van der Waals surface area contributed by atoms with Crippen LogP contribution in [0.15, 0.2) is 0 Å². The third-order valence-corrected chi connectivity index (χ3v) is 2.25. The predicted molar refractivity (Wildman–Crippen MR) is 60.3 cm³/mol. The van der Waals surface area contributed by atoms with Gasteiger partial charge in [-0.15, -0.1) is 0 Å². The standard InChI is InChI=1S/C11H24N2O/c1-5-7-10(2)11(14)12-8-6-9-13(3)4/h10H,5-9H2,1-4H3,(H,12,14). The van der Waals surface area contributed by atoms with Crippen molar-refractivity contribution >= 4 is 5.91 Å². The lowest BCUT2D eigenvalue weighted by atomic mass is 10.1. The predicted octanol–water partition coefficient (Wildman–Crippen LogP) is 1.49. The van der Waals surface area contributed by atoms with Gasteiger partial charge in [0.05, 0.1) is 0 Å². The van der Waals surface area contributed by atoms with Gasteiger partial charge in [-0.1, -0.05) is 20.3 Å². The van der Waals surface area contributed by atoms with Gasteiger partial charge in [-0.3, -0.25) is 4.79 Å². The third kappa shape index (κ3) is 6.89. The van der Waals surface area contributed by atoms with Crippen LogP contribution in [-0.4, -0.2) is 38.0 Å². The molecule has 0 spiro atoms. The number of hydrogen-bond acceptors (Lipinski definition) is 2. The quantitative estimate of drug-likeness (QED) is 0.632. The maximum Gasteiger partial charge on any atom is 0.222 e. The summed E-state index contributed by atoms with van der Waals surface area (Å²) in [4.78, 5) is 13.6. The zero-order chi connectivity index (χ0) is 11.0. The molecule has 1 N–H and O–H groups in total. The summed E-state index contributed by atoms with van der Waals surface area (Å²) in [5, 5.41) is 2.96. The molecule has 0 bridgehead atoms. The van der Waals surface area contributed by atoms with E-state index in [1.165, 1.54) is 0 Å². The van der Waals surface area contributed by atoms with Gasteiger partial charge in [-0.2, -0.15) is 0 Å². The van der Waals surface area contributed by atoms with Crippen LogP contribution in [-0.2, 0) is 4.79 Å². The lowest BCUT2D eigenvalue weighted by molar-refractivity contribution is -0.124. The van der Waals surface area contributed by atoms with Gasteiger partial charge in [0.25, 0.3) is 0 Å². The molecule has 3 nitrogen and oxygen atoms in total. The summed E-state index contributed by atoms with van der Waals surface area (Å²) in [6.07, 6.45) is 3.09. The Bertz CT molecular complexity index is 157. The van der Waals surface area contributed by atoms with E-state index < -0.39 is 0 Å². The third-order valence-electron chi connectivity index (χ3n) is 2.25. The number of nitrogens with one attached hydrogen (secondary N) is 1. The molecular formula is C11H24N2O. The normalized spacial score (nSPS) is 12.9. The van der Waals surface area contributed by atoms with E-state index in [-0.39, 0.29) is 11.8 Å². The van der Waals surface area contributed by atoms with E-state index in [4.69, 9.17) is 0 Å². The highest BCUT2D eigenvalue weighted by atomic mass is 16.1. The molecule has 0 aromatic rings. The van der Waals surface area contributed by atoms with Crippen molar-refractivity contribution in [3.05, 3.63) is 0 Å². The first-order valence-corrected chi connectivity index (χ1v) is 5.50. The Morgan fingerprint density at radius 3 is 2.57 bits per heavy atom. The molecule has 1 atom stereocenters. The van der Waals surface area contributed by atoms with Crippen LogP contribution < -0.4 is 5.32 Å². The molecule has 0 rings (SSSR count). The van der Waals surface area contributed by atoms with Gasteiger partial charge in [0.2, 0.25) is 5.91 Å². The minimum atomic E-state index is 0.166. The highest BCUT2D eigenvalue weighted by Crippen LogP contribution is 2.04. The Labute approximate surface area is 87.9 Å². The molecule has 84 valence electrons. The molecule has 14 heavy (non-hydrogen) atoms. The van der Waals surface area contributed by atoms with Crippen molar-refractivity contribution in [1.82, 2.24) is 10.2 Å². The number of hydrogen-bond donors (Lipinski definition) is 1. The van der Waals surface area contributed by atoms with Gasteiger partial charge in [0.15, 0.2) is 0 Å². The molecule has 0 aromatic heterocycles. The average Bonchev–Trinajstić information content (AvgIpc) is 2.12. The Kier molecular flexibility index (Phi) is 7.48. The largest absolute Gasteiger partial charge is 0.356 e. The monoisotopic (exact) mass is 200 g/mol. The van der Waals surface area contributed by atoms with Crippen molar-refractivity contribution in [2.75, 3.05) is 27.2 Å². The van der Waals surface area contributed by atoms with Gasteiger partial charge < -0.3 is 10.2 Å². The van der Waals surface area contributed by atoms with Crippen molar-refractivity contribution < 1.29 is 4.79 Å². The van der Waals surface area contributed by atoms with Crippen molar-refractivity contribution in [2.45, 2.75) is 33.1 Å². The molecular weight excluding hydrogens is 176 g/mol. The number of rotatable bonds is 7. The zero-order valence-corrected chi connectivity index (χ0v) is 9.97. The second-order valence-electron chi connectivity index (χ2n) is 4.14. The molecule has 1 unspecified atom stereocenters. The topological polar surface area (TPSA) is 32.3 Å². The molecule has 1 amide bonds. The van der Waals surface area contributed by atoms with Crippen LogP contribution >= 0.6 is 0 Å². The Morgan fingerprint density at radius 1 is 1.43 bits per heavy atom. The second kappa shape index (κ2) is 7.80. The van der Waals surface area contributed by atoms with Crippen molar-refractivity contribution in [3.63, 3.8) is 0 Å². The number of carbonyl (C=O) groups is 1. The Hall–Kier alpha value is -0.570. The van der Waals surface area contributed by atoms with E-state index in [9.17, 15) is 4.79 Å². The van der Waals surface area contributed by atoms with Crippen LogP contribution in [0.4, 0.5) is 0 Å². The van der Waals surface area contributed by atoms with E-state index in [0.717, 1.165) is 32.4 Å². The summed E-state index contributed by atoms with van der Waals surface area (Å²) in [6.45, 7) is 5.92. The summed E-state index contributed by atoms with van der Waals surface area (Å²) < 4.78 is 0. The van der Waals surface area contributed by atoms with E-state index in [0.29, 0.717) is 0 Å². The highest BCUT2D eigenvalue weighted by molar-refractivity contribution is 5.78. The molecule has 0 radical (unpaired) electrons. The molecule has 0 saturated carbocycles. The SMILES string of the molecule is CCCC(C)C(=O)NCCCN(C)C. The lowest BCUT2D eigenvalue weighted by Crippen LogP contribution is -2.31. The summed E-state index contributed by atoms with van der Waals surface area (Å²) >= 11 is 0. The van der Waals surface area contributed by atoms with E-state index in [1.54, 1.807) is 0 Å². The first-order valence-electron chi connectivity index (χ1n) is 5.50. The zero-order valence-electron chi connectivity index (χ0n) is 9.97. The summed E-state index contributed by atoms with van der Waals surface area (Å²) in [5.74, 6) is 0.366. The first-order chi connectivity index (χ1) is 6.57. The smallest absolute Gasteiger partial charge is 0.222 e. The fourth-order valence-corrected chi connectivity index (χ4v) is 1.35. The Balaban J connectivity index is 3.44. The highest BCUT2D eigenvalue weighted by Gasteiger charge is 2.10. The number of amides is 1. The second-order valence-corrected chi connectivity index (χ2v) is 4.14. The van der Waals surface area contributed by atoms with Gasteiger partial charge in [0.1, 0.15) is 0 Å². The molecule has 0 fully saturated rings. The minimum absolute atomic E-state index is 0.166. The average molecular weight is 200 g/mol. The first kappa shape index (κ1) is 13.4. The van der Waals surface area contributed by atoms with E-state index in [2.05, 4.69) is 17.1 Å². The van der Waals surface area contributed by atoms with Crippen LogP contribution in [0.5, 0.6) is 0 Å². The fraction of sp³-hybridized carbons (Fsp3) is 0.909. The van der Waals surface area contributed by atoms with Crippen LogP contribution in [0.1, 0.15) is 33.1 Å². The number of carbonyl (C=O) groups excluding carboxylic acids is 1. The summed E-state index contributed by atoms with van der Waals surface area (Å²) in [6, 6.07) is 0. The number of nitrogens with zero attached hydrogens (tertiary/aromatic N) is 1. The molecule has 3 heteroatoms. The summed E-state index contributed by atoms with van der Waals surface area (Å²) in [7, 11) is 4.09. The molecule has 0 saturated heterocycles. The Morgan fingerprint density at radius 2 is 2.07 bits per heavy atom. The van der Waals surface area contributed by atoms with Crippen molar-refractivity contribution in [2.24, 2.45) is 5.92 Å². The molecule has 0 heterocycles. The van der Waals surface area contributed by atoms with E-state index >= 15 is 0 Å². The van der Waals surface area contributed by atoms with Crippen LogP contribution in [0, 0.1) is 5.92 Å². The van der Waals surface area contributed by atoms with Gasteiger partial charge in [0, 0.05) is 12.5 Å². The molecule has 0 aliphatic carbocycles. The van der Waals surface area contributed by atoms with Crippen molar-refractivity contribution in [3.8, 4) is 0 Å². The van der Waals surface area contributed by atoms with Crippen LogP contribution in [0.2, 0.25) is 0 Å². The molecule has 0 aromatic carbocycles. The fourth-order valence-electron chi connectivity index (χ4n) is 1.35. The van der Waals surface area contributed by atoms with E-state index in [1.807, 2.05) is 21.0 Å². The minimum Gasteiger partial charge on any atom is -0.356 e. The maximum absolute atomic E-state index is 11.5. The maximum atomic E-state index is 11.5. The van der Waals surface area contributed by atoms with Gasteiger partial charge in [-0.25, -0.2) is 0 Å². The molecule has 0 aliphatic rings. The summed E-state index contributed by atoms with van der Waals surface area (Å²) in [5.41, 5.74) is 0.